The highest BCUT2D eigenvalue weighted by atomic mass is 16.3. The third-order valence-corrected chi connectivity index (χ3v) is 13.3. The van der Waals surface area contributed by atoms with Gasteiger partial charge in [-0.25, -0.2) is 0 Å². The number of unbranched alkanes of at least 4 members (excludes halogenated alkanes) is 40. The van der Waals surface area contributed by atoms with Crippen molar-refractivity contribution in [3.05, 3.63) is 48.6 Å². The first-order valence-electron chi connectivity index (χ1n) is 28.9. The van der Waals surface area contributed by atoms with Crippen molar-refractivity contribution < 1.29 is 15.0 Å². The van der Waals surface area contributed by atoms with Gasteiger partial charge in [-0.2, -0.15) is 0 Å². The zero-order valence-corrected chi connectivity index (χ0v) is 43.3. The Bertz CT molecular complexity index is 1020. The lowest BCUT2D eigenvalue weighted by Crippen LogP contribution is -2.45. The van der Waals surface area contributed by atoms with E-state index in [0.717, 1.165) is 38.5 Å². The minimum atomic E-state index is -0.861. The minimum absolute atomic E-state index is 0.0720. The molecule has 0 saturated carbocycles. The maximum absolute atomic E-state index is 12.4. The molecule has 0 aliphatic rings. The zero-order valence-electron chi connectivity index (χ0n) is 43.3. The van der Waals surface area contributed by atoms with Gasteiger partial charge in [0.25, 0.3) is 0 Å². The lowest BCUT2D eigenvalue weighted by Gasteiger charge is -2.19. The van der Waals surface area contributed by atoms with Gasteiger partial charge in [0, 0.05) is 6.42 Å². The number of hydrogen-bond donors (Lipinski definition) is 3. The third-order valence-electron chi connectivity index (χ3n) is 13.3. The summed E-state index contributed by atoms with van der Waals surface area (Å²) in [7, 11) is 0. The molecule has 4 nitrogen and oxygen atoms in total. The molecule has 0 aliphatic heterocycles. The Balaban J connectivity index is 3.42. The first-order chi connectivity index (χ1) is 31.7. The number of aliphatic hydroxyl groups is 2. The second-order valence-electron chi connectivity index (χ2n) is 19.7. The lowest BCUT2D eigenvalue weighted by atomic mass is 10.0. The van der Waals surface area contributed by atoms with Crippen molar-refractivity contribution in [3.8, 4) is 0 Å². The summed E-state index contributed by atoms with van der Waals surface area (Å²) in [6, 6.07) is -0.638. The van der Waals surface area contributed by atoms with Gasteiger partial charge < -0.3 is 15.5 Å². The van der Waals surface area contributed by atoms with E-state index in [1.54, 1.807) is 6.08 Å². The summed E-state index contributed by atoms with van der Waals surface area (Å²) in [6.07, 6.45) is 77.3. The lowest BCUT2D eigenvalue weighted by molar-refractivity contribution is -0.123. The molecule has 64 heavy (non-hydrogen) atoms. The molecule has 0 bridgehead atoms. The molecule has 2 atom stereocenters. The average Bonchev–Trinajstić information content (AvgIpc) is 3.30. The molecule has 0 heterocycles. The first-order valence-corrected chi connectivity index (χ1v) is 28.9. The number of carbonyl (C=O) groups is 1. The van der Waals surface area contributed by atoms with E-state index in [1.165, 1.54) is 250 Å². The largest absolute Gasteiger partial charge is 0.394 e. The molecule has 0 saturated heterocycles. The van der Waals surface area contributed by atoms with E-state index in [4.69, 9.17) is 0 Å². The van der Waals surface area contributed by atoms with E-state index >= 15 is 0 Å². The Morgan fingerprint density at radius 1 is 0.375 bits per heavy atom. The Morgan fingerprint density at radius 2 is 0.656 bits per heavy atom. The fraction of sp³-hybridized carbons (Fsp3) is 0.850. The molecule has 376 valence electrons. The second-order valence-corrected chi connectivity index (χ2v) is 19.7. The zero-order chi connectivity index (χ0) is 46.3. The van der Waals surface area contributed by atoms with Gasteiger partial charge >= 0.3 is 0 Å². The molecule has 0 aromatic rings. The van der Waals surface area contributed by atoms with Crippen molar-refractivity contribution in [2.45, 2.75) is 321 Å². The van der Waals surface area contributed by atoms with Gasteiger partial charge in [0.05, 0.1) is 18.8 Å². The van der Waals surface area contributed by atoms with Crippen LogP contribution in [0.25, 0.3) is 0 Å². The van der Waals surface area contributed by atoms with Crippen LogP contribution in [0.3, 0.4) is 0 Å². The summed E-state index contributed by atoms with van der Waals surface area (Å²) in [6.45, 7) is 4.30. The van der Waals surface area contributed by atoms with E-state index in [9.17, 15) is 15.0 Å². The van der Waals surface area contributed by atoms with Gasteiger partial charge in [-0.1, -0.05) is 287 Å². The van der Waals surface area contributed by atoms with Crippen LogP contribution in [-0.4, -0.2) is 34.9 Å². The van der Waals surface area contributed by atoms with E-state index < -0.39 is 12.1 Å². The molecule has 2 unspecified atom stereocenters. The van der Waals surface area contributed by atoms with Crippen LogP contribution >= 0.6 is 0 Å². The van der Waals surface area contributed by atoms with Crippen LogP contribution < -0.4 is 5.32 Å². The standard InChI is InChI=1S/C60H113NO3/c1-3-5-7-9-11-13-15-17-18-19-20-21-22-23-24-25-26-27-28-29-30-31-32-33-34-35-36-37-38-39-40-41-42-44-46-48-50-52-54-56-60(64)61-58(57-62)59(63)55-53-51-49-47-45-43-16-14-12-10-8-6-4-2/h26-27,29-30,45,47,53,55,58-59,62-63H,3-25,28,31-44,46,48-52,54,56-57H2,1-2H3,(H,61,64)/b27-26-,30-29-,47-45+,55-53+. The smallest absolute Gasteiger partial charge is 0.220 e. The Morgan fingerprint density at radius 3 is 1.00 bits per heavy atom. The van der Waals surface area contributed by atoms with Gasteiger partial charge in [-0.15, -0.1) is 0 Å². The van der Waals surface area contributed by atoms with E-state index in [0.29, 0.717) is 6.42 Å². The van der Waals surface area contributed by atoms with Crippen LogP contribution in [0.2, 0.25) is 0 Å². The summed E-state index contributed by atoms with van der Waals surface area (Å²) in [5.41, 5.74) is 0. The molecule has 4 heteroatoms. The highest BCUT2D eigenvalue weighted by Crippen LogP contribution is 2.17. The number of rotatable bonds is 53. The molecule has 1 amide bonds. The number of amides is 1. The normalized spacial score (nSPS) is 13.1. The van der Waals surface area contributed by atoms with Gasteiger partial charge in [-0.3, -0.25) is 4.79 Å². The quantitative estimate of drug-likeness (QED) is 0.0421. The van der Waals surface area contributed by atoms with E-state index in [2.05, 4.69) is 55.6 Å². The fourth-order valence-corrected chi connectivity index (χ4v) is 8.87. The molecule has 0 radical (unpaired) electrons. The number of carbonyl (C=O) groups excluding carboxylic acids is 1. The molecule has 0 spiro atoms. The van der Waals surface area contributed by atoms with E-state index in [-0.39, 0.29) is 12.5 Å². The molecule has 0 rings (SSSR count). The Hall–Kier alpha value is -1.65. The van der Waals surface area contributed by atoms with Crippen molar-refractivity contribution in [1.82, 2.24) is 5.32 Å². The Labute approximate surface area is 401 Å². The molecule has 0 fully saturated rings. The maximum Gasteiger partial charge on any atom is 0.220 e. The van der Waals surface area contributed by atoms with Crippen molar-refractivity contribution in [2.75, 3.05) is 6.61 Å². The third kappa shape index (κ3) is 51.3. The van der Waals surface area contributed by atoms with Crippen LogP contribution in [0.1, 0.15) is 309 Å². The summed E-state index contributed by atoms with van der Waals surface area (Å²) in [4.78, 5) is 12.4. The molecular formula is C60H113NO3. The minimum Gasteiger partial charge on any atom is -0.394 e. The van der Waals surface area contributed by atoms with Crippen LogP contribution in [0, 0.1) is 0 Å². The van der Waals surface area contributed by atoms with Crippen molar-refractivity contribution in [2.24, 2.45) is 0 Å². The topological polar surface area (TPSA) is 69.6 Å². The van der Waals surface area contributed by atoms with Gasteiger partial charge in [0.2, 0.25) is 5.91 Å². The highest BCUT2D eigenvalue weighted by Gasteiger charge is 2.18. The number of aliphatic hydroxyl groups excluding tert-OH is 2. The summed E-state index contributed by atoms with van der Waals surface area (Å²) >= 11 is 0. The molecule has 0 aliphatic carbocycles. The predicted octanol–water partition coefficient (Wildman–Crippen LogP) is 19.0. The average molecular weight is 897 g/mol. The maximum atomic E-state index is 12.4. The monoisotopic (exact) mass is 896 g/mol. The highest BCUT2D eigenvalue weighted by molar-refractivity contribution is 5.76. The second kappa shape index (κ2) is 55.7. The first kappa shape index (κ1) is 62.4. The Kier molecular flexibility index (Phi) is 54.2. The van der Waals surface area contributed by atoms with Gasteiger partial charge in [0.15, 0.2) is 0 Å². The van der Waals surface area contributed by atoms with Crippen molar-refractivity contribution in [1.29, 1.82) is 0 Å². The van der Waals surface area contributed by atoms with Crippen LogP contribution in [0.5, 0.6) is 0 Å². The summed E-state index contributed by atoms with van der Waals surface area (Å²) in [5, 5.41) is 23.0. The summed E-state index contributed by atoms with van der Waals surface area (Å²) < 4.78 is 0. The van der Waals surface area contributed by atoms with Gasteiger partial charge in [-0.05, 0) is 64.2 Å². The van der Waals surface area contributed by atoms with Crippen LogP contribution in [-0.2, 0) is 4.79 Å². The van der Waals surface area contributed by atoms with Crippen LogP contribution in [0.15, 0.2) is 48.6 Å². The van der Waals surface area contributed by atoms with Gasteiger partial charge in [0.1, 0.15) is 0 Å². The fourth-order valence-electron chi connectivity index (χ4n) is 8.87. The van der Waals surface area contributed by atoms with Crippen molar-refractivity contribution >= 4 is 5.91 Å². The van der Waals surface area contributed by atoms with E-state index in [1.807, 2.05) is 6.08 Å². The SMILES string of the molecule is CCCCCCCCC/C=C/CC/C=C/C(O)C(CO)NC(=O)CCCCCCCCCCCCCCCCCCC/C=C\C/C=C\CCCCCCCCCCCCCCCCC. The molecular weight excluding hydrogens is 783 g/mol. The number of hydrogen-bond acceptors (Lipinski definition) is 3. The number of nitrogens with one attached hydrogen (secondary N) is 1. The molecule has 0 aromatic heterocycles. The van der Waals surface area contributed by atoms with Crippen LogP contribution in [0.4, 0.5) is 0 Å². The molecule has 0 aromatic carbocycles. The number of allylic oxidation sites excluding steroid dienone is 7. The van der Waals surface area contributed by atoms with Crippen molar-refractivity contribution in [3.63, 3.8) is 0 Å². The summed E-state index contributed by atoms with van der Waals surface area (Å²) in [5.74, 6) is -0.0720. The predicted molar refractivity (Wildman–Crippen MR) is 285 cm³/mol. The molecule has 3 N–H and O–H groups in total.